The van der Waals surface area contributed by atoms with E-state index < -0.39 is 12.0 Å². The number of rotatable bonds is 8. The van der Waals surface area contributed by atoms with Gasteiger partial charge in [0.1, 0.15) is 0 Å². The maximum absolute atomic E-state index is 12.0. The standard InChI is InChI=1S/C18H21NO3S/c1-2-9-23-12-17(20)19-16(11-18(21)22)15-8-7-13-5-3-4-6-14(13)10-15/h3-8,10,16H,2,9,11-12H2,1H3,(H,19,20)(H,21,22)/t16-/m0/s1. The van der Waals surface area contributed by atoms with Gasteiger partial charge >= 0.3 is 5.97 Å². The van der Waals surface area contributed by atoms with Crippen LogP contribution in [0.5, 0.6) is 0 Å². The Bertz CT molecular complexity index is 687. The van der Waals surface area contributed by atoms with Crippen molar-refractivity contribution in [2.75, 3.05) is 11.5 Å². The normalized spacial score (nSPS) is 12.0. The number of nitrogens with one attached hydrogen (secondary N) is 1. The number of aliphatic carboxylic acids is 1. The Labute approximate surface area is 140 Å². The van der Waals surface area contributed by atoms with Gasteiger partial charge in [-0.25, -0.2) is 0 Å². The summed E-state index contributed by atoms with van der Waals surface area (Å²) in [6, 6.07) is 13.2. The number of carboxylic acid groups (broad SMARTS) is 1. The Morgan fingerprint density at radius 2 is 1.91 bits per heavy atom. The van der Waals surface area contributed by atoms with E-state index in [0.717, 1.165) is 28.5 Å². The fourth-order valence-corrected chi connectivity index (χ4v) is 3.10. The van der Waals surface area contributed by atoms with Crippen molar-refractivity contribution < 1.29 is 14.7 Å². The molecule has 0 bridgehead atoms. The van der Waals surface area contributed by atoms with Crippen molar-refractivity contribution >= 4 is 34.4 Å². The third-order valence-electron chi connectivity index (χ3n) is 3.47. The van der Waals surface area contributed by atoms with Crippen LogP contribution in [-0.4, -0.2) is 28.5 Å². The van der Waals surface area contributed by atoms with E-state index >= 15 is 0 Å². The van der Waals surface area contributed by atoms with Crippen molar-refractivity contribution in [3.63, 3.8) is 0 Å². The van der Waals surface area contributed by atoms with Gasteiger partial charge in [0, 0.05) is 0 Å². The van der Waals surface area contributed by atoms with Gasteiger partial charge in [0.05, 0.1) is 18.2 Å². The van der Waals surface area contributed by atoms with Crippen molar-refractivity contribution in [2.24, 2.45) is 0 Å². The van der Waals surface area contributed by atoms with Crippen LogP contribution in [0.3, 0.4) is 0 Å². The van der Waals surface area contributed by atoms with Crippen LogP contribution in [0.2, 0.25) is 0 Å². The van der Waals surface area contributed by atoms with Gasteiger partial charge in [0.25, 0.3) is 0 Å². The SMILES string of the molecule is CCCSCC(=O)N[C@@H](CC(=O)O)c1ccc2ccccc2c1. The molecule has 2 N–H and O–H groups in total. The Morgan fingerprint density at radius 1 is 1.17 bits per heavy atom. The summed E-state index contributed by atoms with van der Waals surface area (Å²) < 4.78 is 0. The van der Waals surface area contributed by atoms with Crippen LogP contribution < -0.4 is 5.32 Å². The lowest BCUT2D eigenvalue weighted by atomic mass is 9.99. The van der Waals surface area contributed by atoms with E-state index in [1.807, 2.05) is 42.5 Å². The molecule has 122 valence electrons. The molecule has 0 aliphatic carbocycles. The molecule has 23 heavy (non-hydrogen) atoms. The summed E-state index contributed by atoms with van der Waals surface area (Å²) in [6.45, 7) is 2.06. The number of carboxylic acids is 1. The Morgan fingerprint density at radius 3 is 2.61 bits per heavy atom. The molecule has 4 nitrogen and oxygen atoms in total. The second-order valence-corrected chi connectivity index (χ2v) is 6.48. The highest BCUT2D eigenvalue weighted by Gasteiger charge is 2.18. The lowest BCUT2D eigenvalue weighted by Gasteiger charge is -2.18. The maximum Gasteiger partial charge on any atom is 0.305 e. The minimum atomic E-state index is -0.926. The first-order valence-electron chi connectivity index (χ1n) is 7.67. The number of amides is 1. The number of hydrogen-bond donors (Lipinski definition) is 2. The van der Waals surface area contributed by atoms with E-state index in [2.05, 4.69) is 12.2 Å². The summed E-state index contributed by atoms with van der Waals surface area (Å²) >= 11 is 1.56. The quantitative estimate of drug-likeness (QED) is 0.725. The van der Waals surface area contributed by atoms with E-state index in [0.29, 0.717) is 5.75 Å². The predicted molar refractivity (Wildman–Crippen MR) is 94.7 cm³/mol. The molecule has 0 saturated carbocycles. The number of carbonyl (C=O) groups is 2. The fraction of sp³-hybridized carbons (Fsp3) is 0.333. The van der Waals surface area contributed by atoms with E-state index in [1.165, 1.54) is 0 Å². The molecular weight excluding hydrogens is 310 g/mol. The summed E-state index contributed by atoms with van der Waals surface area (Å²) in [6.07, 6.45) is 0.893. The number of fused-ring (bicyclic) bond motifs is 1. The molecule has 0 fully saturated rings. The Balaban J connectivity index is 2.15. The average molecular weight is 331 g/mol. The fourth-order valence-electron chi connectivity index (χ4n) is 2.40. The van der Waals surface area contributed by atoms with Gasteiger partial charge < -0.3 is 10.4 Å². The minimum Gasteiger partial charge on any atom is -0.481 e. The second kappa shape index (κ2) is 8.58. The Hall–Kier alpha value is -2.01. The van der Waals surface area contributed by atoms with E-state index in [9.17, 15) is 9.59 Å². The molecule has 0 heterocycles. The van der Waals surface area contributed by atoms with Crippen LogP contribution >= 0.6 is 11.8 Å². The van der Waals surface area contributed by atoms with Crippen molar-refractivity contribution in [3.05, 3.63) is 48.0 Å². The lowest BCUT2D eigenvalue weighted by molar-refractivity contribution is -0.137. The smallest absolute Gasteiger partial charge is 0.305 e. The van der Waals surface area contributed by atoms with Gasteiger partial charge in [0.2, 0.25) is 5.91 Å². The molecule has 1 atom stereocenters. The molecule has 0 saturated heterocycles. The maximum atomic E-state index is 12.0. The first-order valence-corrected chi connectivity index (χ1v) is 8.83. The third kappa shape index (κ3) is 5.28. The van der Waals surface area contributed by atoms with Gasteiger partial charge in [-0.3, -0.25) is 9.59 Å². The van der Waals surface area contributed by atoms with Crippen molar-refractivity contribution in [1.29, 1.82) is 0 Å². The van der Waals surface area contributed by atoms with Crippen molar-refractivity contribution in [3.8, 4) is 0 Å². The molecule has 2 aromatic rings. The molecule has 0 spiro atoms. The van der Waals surface area contributed by atoms with Crippen LogP contribution in [-0.2, 0) is 9.59 Å². The Kier molecular flexibility index (Phi) is 6.47. The molecule has 1 amide bonds. The third-order valence-corrected chi connectivity index (χ3v) is 4.63. The van der Waals surface area contributed by atoms with Crippen LogP contribution in [0.25, 0.3) is 10.8 Å². The van der Waals surface area contributed by atoms with Crippen molar-refractivity contribution in [1.82, 2.24) is 5.32 Å². The first kappa shape index (κ1) is 17.3. The number of benzene rings is 2. The molecule has 2 aromatic carbocycles. The molecule has 0 aromatic heterocycles. The summed E-state index contributed by atoms with van der Waals surface area (Å²) in [5.41, 5.74) is 0.819. The van der Waals surface area contributed by atoms with Gasteiger partial charge in [-0.2, -0.15) is 11.8 Å². The van der Waals surface area contributed by atoms with Crippen LogP contribution in [0.4, 0.5) is 0 Å². The van der Waals surface area contributed by atoms with Gasteiger partial charge in [-0.1, -0.05) is 43.3 Å². The lowest BCUT2D eigenvalue weighted by Crippen LogP contribution is -2.31. The van der Waals surface area contributed by atoms with Crippen LogP contribution in [0.15, 0.2) is 42.5 Å². The van der Waals surface area contributed by atoms with Crippen LogP contribution in [0.1, 0.15) is 31.4 Å². The topological polar surface area (TPSA) is 66.4 Å². The summed E-state index contributed by atoms with van der Waals surface area (Å²) in [4.78, 5) is 23.2. The summed E-state index contributed by atoms with van der Waals surface area (Å²) in [5, 5.41) is 14.1. The van der Waals surface area contributed by atoms with Gasteiger partial charge in [-0.05, 0) is 34.6 Å². The second-order valence-electron chi connectivity index (χ2n) is 5.38. The monoisotopic (exact) mass is 331 g/mol. The largest absolute Gasteiger partial charge is 0.481 e. The molecule has 0 radical (unpaired) electrons. The predicted octanol–water partition coefficient (Wildman–Crippen LogP) is 3.62. The highest BCUT2D eigenvalue weighted by Crippen LogP contribution is 2.23. The first-order chi connectivity index (χ1) is 11.1. The van der Waals surface area contributed by atoms with E-state index in [-0.39, 0.29) is 12.3 Å². The minimum absolute atomic E-state index is 0.122. The zero-order valence-corrected chi connectivity index (χ0v) is 13.9. The van der Waals surface area contributed by atoms with Gasteiger partial charge in [-0.15, -0.1) is 0 Å². The zero-order chi connectivity index (χ0) is 16.7. The van der Waals surface area contributed by atoms with Crippen LogP contribution in [0, 0.1) is 0 Å². The molecule has 0 aliphatic rings. The van der Waals surface area contributed by atoms with E-state index in [1.54, 1.807) is 11.8 Å². The zero-order valence-electron chi connectivity index (χ0n) is 13.1. The number of hydrogen-bond acceptors (Lipinski definition) is 3. The number of thioether (sulfide) groups is 1. The molecule has 0 unspecified atom stereocenters. The van der Waals surface area contributed by atoms with E-state index in [4.69, 9.17) is 5.11 Å². The molecule has 5 heteroatoms. The highest BCUT2D eigenvalue weighted by atomic mass is 32.2. The molecular formula is C18H21NO3S. The molecule has 0 aliphatic heterocycles. The van der Waals surface area contributed by atoms with Crippen molar-refractivity contribution in [2.45, 2.75) is 25.8 Å². The van der Waals surface area contributed by atoms with Gasteiger partial charge in [0.15, 0.2) is 0 Å². The molecule has 2 rings (SSSR count). The summed E-state index contributed by atoms with van der Waals surface area (Å²) in [7, 11) is 0. The highest BCUT2D eigenvalue weighted by molar-refractivity contribution is 7.99. The summed E-state index contributed by atoms with van der Waals surface area (Å²) in [5.74, 6) is 0.234. The number of carbonyl (C=O) groups excluding carboxylic acids is 1. The average Bonchev–Trinajstić information content (AvgIpc) is 2.53.